The lowest BCUT2D eigenvalue weighted by Crippen LogP contribution is -1.73. The normalized spacial score (nSPS) is 8.89. The van der Waals surface area contributed by atoms with Crippen molar-refractivity contribution >= 4 is 6.72 Å². The third kappa shape index (κ3) is 1.68. The Labute approximate surface area is 55.1 Å². The van der Waals surface area contributed by atoms with Gasteiger partial charge >= 0.3 is 0 Å². The van der Waals surface area contributed by atoms with Crippen molar-refractivity contribution in [1.82, 2.24) is 0 Å². The highest BCUT2D eigenvalue weighted by Crippen LogP contribution is 2.00. The van der Waals surface area contributed by atoms with E-state index >= 15 is 0 Å². The number of hydrogen-bond donors (Lipinski definition) is 0. The van der Waals surface area contributed by atoms with Crippen LogP contribution in [-0.4, -0.2) is 6.72 Å². The molecule has 1 radical (unpaired) electrons. The van der Waals surface area contributed by atoms with Crippen LogP contribution in [0, 0.1) is 6.54 Å². The second-order valence-electron chi connectivity index (χ2n) is 1.72. The van der Waals surface area contributed by atoms with Gasteiger partial charge in [-0.1, -0.05) is 30.3 Å². The van der Waals surface area contributed by atoms with Crippen molar-refractivity contribution in [2.24, 2.45) is 4.99 Å². The van der Waals surface area contributed by atoms with Gasteiger partial charge in [0.1, 0.15) is 6.54 Å². The molecular weight excluding hydrogens is 110 g/mol. The first-order chi connectivity index (χ1) is 4.43. The molecule has 0 heterocycles. The first-order valence-electron chi connectivity index (χ1n) is 2.77. The summed E-state index contributed by atoms with van der Waals surface area (Å²) in [7, 11) is 0. The topological polar surface area (TPSA) is 12.4 Å². The predicted octanol–water partition coefficient (Wildman–Crippen LogP) is 1.90. The maximum absolute atomic E-state index is 3.63. The minimum absolute atomic E-state index is 1.09. The van der Waals surface area contributed by atoms with Crippen LogP contribution < -0.4 is 0 Å². The minimum Gasteiger partial charge on any atom is -0.290 e. The molecule has 1 aromatic carbocycles. The van der Waals surface area contributed by atoms with Crippen LogP contribution in [0.25, 0.3) is 0 Å². The number of hydrogen-bond acceptors (Lipinski definition) is 1. The monoisotopic (exact) mass is 118 g/mol. The van der Waals surface area contributed by atoms with Gasteiger partial charge in [0, 0.05) is 0 Å². The quantitative estimate of drug-likeness (QED) is 0.526. The highest BCUT2D eigenvalue weighted by Gasteiger charge is 1.83. The third-order valence-corrected chi connectivity index (χ3v) is 1.04. The Morgan fingerprint density at radius 2 is 1.89 bits per heavy atom. The summed E-state index contributed by atoms with van der Waals surface area (Å²) < 4.78 is 0. The van der Waals surface area contributed by atoms with Gasteiger partial charge < -0.3 is 0 Å². The van der Waals surface area contributed by atoms with Gasteiger partial charge in [0.05, 0.1) is 0 Å². The average molecular weight is 118 g/mol. The lowest BCUT2D eigenvalue weighted by Gasteiger charge is -1.90. The molecule has 0 aliphatic carbocycles. The Morgan fingerprint density at radius 3 is 2.44 bits per heavy atom. The molecular formula is C8H8N. The van der Waals surface area contributed by atoms with Crippen LogP contribution in [-0.2, 0) is 0 Å². The number of rotatable bonds is 2. The summed E-state index contributed by atoms with van der Waals surface area (Å²) in [6, 6.07) is 9.87. The van der Waals surface area contributed by atoms with E-state index in [1.807, 2.05) is 30.3 Å². The second-order valence-corrected chi connectivity index (χ2v) is 1.72. The van der Waals surface area contributed by atoms with Crippen molar-refractivity contribution in [3.05, 3.63) is 42.4 Å². The van der Waals surface area contributed by atoms with Gasteiger partial charge in [0.2, 0.25) is 0 Å². The van der Waals surface area contributed by atoms with E-state index in [0.29, 0.717) is 0 Å². The van der Waals surface area contributed by atoms with Crippen molar-refractivity contribution in [2.45, 2.75) is 0 Å². The molecule has 0 N–H and O–H groups in total. The van der Waals surface area contributed by atoms with Crippen molar-refractivity contribution in [2.75, 3.05) is 0 Å². The summed E-state index contributed by atoms with van der Waals surface area (Å²) in [5.41, 5.74) is 1.09. The van der Waals surface area contributed by atoms with E-state index in [4.69, 9.17) is 0 Å². The van der Waals surface area contributed by atoms with Crippen molar-refractivity contribution in [3.8, 4) is 0 Å². The van der Waals surface area contributed by atoms with Crippen LogP contribution in [0.15, 0.2) is 35.3 Å². The fourth-order valence-electron chi connectivity index (χ4n) is 0.645. The SMILES string of the molecule is C=N[CH]c1ccccc1. The summed E-state index contributed by atoms with van der Waals surface area (Å²) in [5, 5.41) is 0. The van der Waals surface area contributed by atoms with Crippen molar-refractivity contribution in [1.29, 1.82) is 0 Å². The van der Waals surface area contributed by atoms with Gasteiger partial charge in [0.15, 0.2) is 0 Å². The molecule has 0 bridgehead atoms. The molecule has 45 valence electrons. The molecule has 0 spiro atoms. The molecule has 0 aliphatic heterocycles. The smallest absolute Gasteiger partial charge is 0.101 e. The van der Waals surface area contributed by atoms with E-state index in [0.717, 1.165) is 5.56 Å². The Kier molecular flexibility index (Phi) is 2.02. The molecule has 9 heavy (non-hydrogen) atoms. The molecule has 0 saturated heterocycles. The highest BCUT2D eigenvalue weighted by molar-refractivity contribution is 5.30. The lowest BCUT2D eigenvalue weighted by atomic mass is 10.2. The van der Waals surface area contributed by atoms with E-state index in [1.165, 1.54) is 0 Å². The largest absolute Gasteiger partial charge is 0.290 e. The van der Waals surface area contributed by atoms with Gasteiger partial charge in [-0.15, -0.1) is 0 Å². The molecule has 1 nitrogen and oxygen atoms in total. The van der Waals surface area contributed by atoms with Crippen LogP contribution in [0.2, 0.25) is 0 Å². The van der Waals surface area contributed by atoms with Gasteiger partial charge in [-0.2, -0.15) is 0 Å². The number of benzene rings is 1. The van der Waals surface area contributed by atoms with Crippen molar-refractivity contribution in [3.63, 3.8) is 0 Å². The molecule has 1 aromatic rings. The zero-order valence-corrected chi connectivity index (χ0v) is 5.12. The Hall–Kier alpha value is -1.11. The van der Waals surface area contributed by atoms with Crippen LogP contribution in [0.1, 0.15) is 5.56 Å². The second kappa shape index (κ2) is 3.02. The summed E-state index contributed by atoms with van der Waals surface area (Å²) in [6.07, 6.45) is 0. The van der Waals surface area contributed by atoms with Crippen LogP contribution >= 0.6 is 0 Å². The van der Waals surface area contributed by atoms with E-state index in [-0.39, 0.29) is 0 Å². The highest BCUT2D eigenvalue weighted by atomic mass is 14.7. The van der Waals surface area contributed by atoms with Crippen LogP contribution in [0.4, 0.5) is 0 Å². The molecule has 0 aliphatic rings. The molecule has 0 aromatic heterocycles. The maximum Gasteiger partial charge on any atom is 0.101 e. The Morgan fingerprint density at radius 1 is 1.22 bits per heavy atom. The first-order valence-corrected chi connectivity index (χ1v) is 2.77. The van der Waals surface area contributed by atoms with Gasteiger partial charge in [-0.3, -0.25) is 4.99 Å². The van der Waals surface area contributed by atoms with Crippen LogP contribution in [0.3, 0.4) is 0 Å². The fraction of sp³-hybridized carbons (Fsp3) is 0. The van der Waals surface area contributed by atoms with E-state index < -0.39 is 0 Å². The van der Waals surface area contributed by atoms with E-state index in [9.17, 15) is 0 Å². The molecule has 0 fully saturated rings. The molecule has 1 rings (SSSR count). The van der Waals surface area contributed by atoms with Gasteiger partial charge in [0.25, 0.3) is 0 Å². The van der Waals surface area contributed by atoms with Crippen molar-refractivity contribution < 1.29 is 0 Å². The molecule has 0 saturated carbocycles. The van der Waals surface area contributed by atoms with Gasteiger partial charge in [-0.05, 0) is 12.3 Å². The standard InChI is InChI=1S/C8H8N/c1-9-7-8-5-3-2-4-6-8/h2-7H,1H2. The summed E-state index contributed by atoms with van der Waals surface area (Å²) in [5.74, 6) is 0. The number of nitrogens with zero attached hydrogens (tertiary/aromatic N) is 1. The molecule has 0 unspecified atom stereocenters. The number of aliphatic imine (C=N–C) groups is 1. The predicted molar refractivity (Wildman–Crippen MR) is 39.4 cm³/mol. The third-order valence-electron chi connectivity index (χ3n) is 1.04. The lowest BCUT2D eigenvalue weighted by molar-refractivity contribution is 1.36. The van der Waals surface area contributed by atoms with E-state index in [1.54, 1.807) is 6.54 Å². The maximum atomic E-state index is 3.63. The first kappa shape index (κ1) is 6.02. The zero-order valence-electron chi connectivity index (χ0n) is 5.12. The summed E-state index contributed by atoms with van der Waals surface area (Å²) in [4.78, 5) is 3.63. The summed E-state index contributed by atoms with van der Waals surface area (Å²) >= 11 is 0. The minimum atomic E-state index is 1.09. The fourth-order valence-corrected chi connectivity index (χ4v) is 0.645. The van der Waals surface area contributed by atoms with E-state index in [2.05, 4.69) is 11.7 Å². The Bertz CT molecular complexity index is 179. The summed E-state index contributed by atoms with van der Waals surface area (Å²) in [6.45, 7) is 5.07. The zero-order chi connectivity index (χ0) is 6.53. The average Bonchev–Trinajstić information content (AvgIpc) is 1.91. The Balaban J connectivity index is 2.72. The molecule has 0 amide bonds. The van der Waals surface area contributed by atoms with Crippen LogP contribution in [0.5, 0.6) is 0 Å². The molecule has 1 heteroatoms. The van der Waals surface area contributed by atoms with Gasteiger partial charge in [-0.25, -0.2) is 0 Å². The molecule has 0 atom stereocenters.